The molecule has 6 heteroatoms. The highest BCUT2D eigenvalue weighted by molar-refractivity contribution is 6.41. The highest BCUT2D eigenvalue weighted by atomic mass is 16.6. The monoisotopic (exact) mass is 223 g/mol. The standard InChI is InChI=1S/C10H12N2O4/c1-15-12-9(10(13)14)8-5-3-2-4-7(8)6-16-11/h2-5H,6,11H2,1H3,(H,13,14)/p-1/b12-9-. The number of nitrogens with two attached hydrogens (primary N) is 1. The molecule has 1 rings (SSSR count). The summed E-state index contributed by atoms with van der Waals surface area (Å²) in [6.45, 7) is 0.0756. The first-order valence-corrected chi connectivity index (χ1v) is 4.43. The Balaban J connectivity index is 3.18. The van der Waals surface area contributed by atoms with Gasteiger partial charge in [-0.25, -0.2) is 5.90 Å². The van der Waals surface area contributed by atoms with Crippen molar-refractivity contribution in [2.75, 3.05) is 7.11 Å². The number of nitrogens with zero attached hydrogens (tertiary/aromatic N) is 1. The van der Waals surface area contributed by atoms with Crippen LogP contribution in [0.25, 0.3) is 0 Å². The van der Waals surface area contributed by atoms with Gasteiger partial charge in [-0.1, -0.05) is 29.4 Å². The van der Waals surface area contributed by atoms with E-state index in [1.807, 2.05) is 0 Å². The van der Waals surface area contributed by atoms with Crippen LogP contribution >= 0.6 is 0 Å². The van der Waals surface area contributed by atoms with Crippen LogP contribution in [0.3, 0.4) is 0 Å². The van der Waals surface area contributed by atoms with Gasteiger partial charge >= 0.3 is 0 Å². The number of oxime groups is 1. The van der Waals surface area contributed by atoms with E-state index < -0.39 is 5.97 Å². The van der Waals surface area contributed by atoms with Gasteiger partial charge in [0.25, 0.3) is 0 Å². The Morgan fingerprint density at radius 1 is 1.50 bits per heavy atom. The predicted molar refractivity (Wildman–Crippen MR) is 54.0 cm³/mol. The van der Waals surface area contributed by atoms with E-state index in [1.165, 1.54) is 7.11 Å². The number of carbonyl (C=O) groups is 1. The zero-order valence-corrected chi connectivity index (χ0v) is 8.67. The van der Waals surface area contributed by atoms with Crippen molar-refractivity contribution in [3.63, 3.8) is 0 Å². The van der Waals surface area contributed by atoms with Crippen LogP contribution in [0.5, 0.6) is 0 Å². The highest BCUT2D eigenvalue weighted by Gasteiger charge is 2.10. The van der Waals surface area contributed by atoms with Gasteiger partial charge in [0.1, 0.15) is 12.8 Å². The lowest BCUT2D eigenvalue weighted by Crippen LogP contribution is -2.33. The van der Waals surface area contributed by atoms with Crippen molar-refractivity contribution in [1.82, 2.24) is 0 Å². The first-order chi connectivity index (χ1) is 7.70. The molecule has 0 atom stereocenters. The molecule has 86 valence electrons. The maximum absolute atomic E-state index is 10.9. The van der Waals surface area contributed by atoms with E-state index in [0.717, 1.165) is 0 Å². The van der Waals surface area contributed by atoms with Crippen LogP contribution in [0.2, 0.25) is 0 Å². The first kappa shape index (κ1) is 12.2. The number of aliphatic carboxylic acids is 1. The van der Waals surface area contributed by atoms with Crippen LogP contribution in [0.1, 0.15) is 11.1 Å². The number of carboxylic acids is 1. The molecule has 0 saturated carbocycles. The van der Waals surface area contributed by atoms with E-state index in [2.05, 4.69) is 14.8 Å². The van der Waals surface area contributed by atoms with Crippen LogP contribution in [-0.2, 0) is 21.1 Å². The fraction of sp³-hybridized carbons (Fsp3) is 0.200. The smallest absolute Gasteiger partial charge is 0.133 e. The van der Waals surface area contributed by atoms with E-state index in [0.29, 0.717) is 11.1 Å². The fourth-order valence-electron chi connectivity index (χ4n) is 1.25. The molecule has 1 aromatic carbocycles. The van der Waals surface area contributed by atoms with E-state index in [4.69, 9.17) is 5.90 Å². The number of carbonyl (C=O) groups excluding carboxylic acids is 1. The van der Waals surface area contributed by atoms with Crippen molar-refractivity contribution in [2.24, 2.45) is 11.1 Å². The number of hydrogen-bond acceptors (Lipinski definition) is 6. The van der Waals surface area contributed by atoms with Crippen LogP contribution in [0.15, 0.2) is 29.4 Å². The Morgan fingerprint density at radius 3 is 2.75 bits per heavy atom. The van der Waals surface area contributed by atoms with Crippen molar-refractivity contribution >= 4 is 11.7 Å². The first-order valence-electron chi connectivity index (χ1n) is 4.43. The molecule has 0 aliphatic heterocycles. The van der Waals surface area contributed by atoms with Crippen LogP contribution in [-0.4, -0.2) is 18.8 Å². The van der Waals surface area contributed by atoms with Gasteiger partial charge in [0.05, 0.1) is 12.6 Å². The molecule has 16 heavy (non-hydrogen) atoms. The molecule has 2 N–H and O–H groups in total. The van der Waals surface area contributed by atoms with Crippen LogP contribution in [0.4, 0.5) is 0 Å². The molecule has 0 bridgehead atoms. The summed E-state index contributed by atoms with van der Waals surface area (Å²) in [5.41, 5.74) is 0.648. The molecular formula is C10H11N2O4-. The summed E-state index contributed by atoms with van der Waals surface area (Å²) >= 11 is 0. The number of benzene rings is 1. The second-order valence-electron chi connectivity index (χ2n) is 2.88. The van der Waals surface area contributed by atoms with Gasteiger partial charge in [-0.2, -0.15) is 0 Å². The van der Waals surface area contributed by atoms with Crippen molar-refractivity contribution in [3.8, 4) is 0 Å². The largest absolute Gasteiger partial charge is 0.543 e. The maximum Gasteiger partial charge on any atom is 0.133 e. The molecule has 0 saturated heterocycles. The lowest BCUT2D eigenvalue weighted by molar-refractivity contribution is -0.294. The molecule has 0 radical (unpaired) electrons. The molecule has 6 nitrogen and oxygen atoms in total. The van der Waals surface area contributed by atoms with Gasteiger partial charge in [0.15, 0.2) is 0 Å². The minimum absolute atomic E-state index is 0.0756. The average Bonchev–Trinajstić information content (AvgIpc) is 2.27. The molecule has 0 fully saturated rings. The molecule has 0 aliphatic carbocycles. The van der Waals surface area contributed by atoms with E-state index in [9.17, 15) is 9.90 Å². The lowest BCUT2D eigenvalue weighted by Gasteiger charge is -2.11. The van der Waals surface area contributed by atoms with Gasteiger partial charge < -0.3 is 14.7 Å². The average molecular weight is 223 g/mol. The minimum Gasteiger partial charge on any atom is -0.543 e. The Morgan fingerprint density at radius 2 is 2.19 bits per heavy atom. The number of hydrogen-bond donors (Lipinski definition) is 1. The number of carboxylic acid groups (broad SMARTS) is 1. The second-order valence-corrected chi connectivity index (χ2v) is 2.88. The van der Waals surface area contributed by atoms with Gasteiger partial charge in [-0.05, 0) is 5.56 Å². The van der Waals surface area contributed by atoms with Crippen molar-refractivity contribution in [1.29, 1.82) is 0 Å². The van der Waals surface area contributed by atoms with E-state index >= 15 is 0 Å². The van der Waals surface area contributed by atoms with E-state index in [-0.39, 0.29) is 12.3 Å². The number of rotatable bonds is 5. The van der Waals surface area contributed by atoms with Gasteiger partial charge in [-0.3, -0.25) is 4.84 Å². The summed E-state index contributed by atoms with van der Waals surface area (Å²) in [7, 11) is 1.25. The third-order valence-electron chi connectivity index (χ3n) is 1.89. The lowest BCUT2D eigenvalue weighted by atomic mass is 10.0. The van der Waals surface area contributed by atoms with E-state index in [1.54, 1.807) is 24.3 Å². The molecule has 1 aromatic rings. The molecular weight excluding hydrogens is 212 g/mol. The van der Waals surface area contributed by atoms with Crippen molar-refractivity contribution in [3.05, 3.63) is 35.4 Å². The summed E-state index contributed by atoms with van der Waals surface area (Å²) in [6.07, 6.45) is 0. The van der Waals surface area contributed by atoms with Gasteiger partial charge in [0, 0.05) is 5.56 Å². The second kappa shape index (κ2) is 5.84. The highest BCUT2D eigenvalue weighted by Crippen LogP contribution is 2.11. The van der Waals surface area contributed by atoms with Crippen LogP contribution < -0.4 is 11.0 Å². The zero-order chi connectivity index (χ0) is 12.0. The predicted octanol–water partition coefficient (Wildman–Crippen LogP) is -0.823. The third kappa shape index (κ3) is 2.78. The quantitative estimate of drug-likeness (QED) is 0.519. The minimum atomic E-state index is -1.42. The maximum atomic E-state index is 10.9. The Hall–Kier alpha value is -1.92. The summed E-state index contributed by atoms with van der Waals surface area (Å²) in [5.74, 6) is 3.52. The normalized spacial score (nSPS) is 11.2. The van der Waals surface area contributed by atoms with Gasteiger partial charge in [0.2, 0.25) is 0 Å². The Bertz CT molecular complexity index is 404. The van der Waals surface area contributed by atoms with Crippen molar-refractivity contribution in [2.45, 2.75) is 6.61 Å². The SMILES string of the molecule is CO/N=C(\C(=O)[O-])c1ccccc1CON. The Labute approximate surface area is 92.2 Å². The summed E-state index contributed by atoms with van der Waals surface area (Å²) < 4.78 is 0. The zero-order valence-electron chi connectivity index (χ0n) is 8.67. The third-order valence-corrected chi connectivity index (χ3v) is 1.89. The summed E-state index contributed by atoms with van der Waals surface area (Å²) in [6, 6.07) is 6.65. The molecule has 0 aliphatic rings. The summed E-state index contributed by atoms with van der Waals surface area (Å²) in [4.78, 5) is 19.8. The molecule has 0 unspecified atom stereocenters. The molecule has 0 heterocycles. The summed E-state index contributed by atoms with van der Waals surface area (Å²) in [5, 5.41) is 14.2. The molecule has 0 amide bonds. The Kier molecular flexibility index (Phi) is 4.43. The molecule has 0 spiro atoms. The molecule has 0 aromatic heterocycles. The van der Waals surface area contributed by atoms with Crippen LogP contribution in [0, 0.1) is 0 Å². The van der Waals surface area contributed by atoms with Crippen molar-refractivity contribution < 1.29 is 19.6 Å². The fourth-order valence-corrected chi connectivity index (χ4v) is 1.25. The topological polar surface area (TPSA) is 97.0 Å². The van der Waals surface area contributed by atoms with Gasteiger partial charge in [-0.15, -0.1) is 0 Å².